The zero-order valence-electron chi connectivity index (χ0n) is 16.9. The van der Waals surface area contributed by atoms with Crippen molar-refractivity contribution in [2.24, 2.45) is 0 Å². The number of fused-ring (bicyclic) bond motifs is 2. The van der Waals surface area contributed by atoms with Gasteiger partial charge in [0.05, 0.1) is 12.6 Å². The number of ether oxygens (including phenoxy) is 2. The van der Waals surface area contributed by atoms with Crippen LogP contribution in [0.4, 0.5) is 5.82 Å². The van der Waals surface area contributed by atoms with Gasteiger partial charge in [-0.05, 0) is 35.7 Å². The van der Waals surface area contributed by atoms with Gasteiger partial charge in [-0.25, -0.2) is 9.97 Å². The van der Waals surface area contributed by atoms with Crippen LogP contribution in [-0.4, -0.2) is 23.6 Å². The Labute approximate surface area is 175 Å². The van der Waals surface area contributed by atoms with Crippen LogP contribution >= 0.6 is 0 Å². The number of methoxy groups -OCH3 is 1. The van der Waals surface area contributed by atoms with Crippen LogP contribution in [0.3, 0.4) is 0 Å². The van der Waals surface area contributed by atoms with Crippen LogP contribution in [0.25, 0.3) is 10.9 Å². The third kappa shape index (κ3) is 3.43. The Bertz CT molecular complexity index is 1170. The van der Waals surface area contributed by atoms with Crippen molar-refractivity contribution in [1.29, 1.82) is 0 Å². The highest BCUT2D eigenvalue weighted by Crippen LogP contribution is 2.38. The molecule has 1 aliphatic heterocycles. The number of rotatable bonds is 5. The van der Waals surface area contributed by atoms with Gasteiger partial charge in [-0.2, -0.15) is 0 Å². The first-order chi connectivity index (χ1) is 14.8. The van der Waals surface area contributed by atoms with Gasteiger partial charge in [-0.3, -0.25) is 0 Å². The normalized spacial score (nSPS) is 13.2. The van der Waals surface area contributed by atoms with Crippen molar-refractivity contribution in [2.45, 2.75) is 19.6 Å². The summed E-state index contributed by atoms with van der Waals surface area (Å²) in [6, 6.07) is 22.5. The molecule has 0 spiro atoms. The lowest BCUT2D eigenvalue weighted by Crippen LogP contribution is -2.31. The molecule has 5 nitrogen and oxygen atoms in total. The molecule has 0 fully saturated rings. The second-order valence-electron chi connectivity index (χ2n) is 7.39. The average Bonchev–Trinajstić information content (AvgIpc) is 2.82. The Morgan fingerprint density at radius 1 is 0.933 bits per heavy atom. The van der Waals surface area contributed by atoms with Crippen molar-refractivity contribution >= 4 is 16.7 Å². The molecule has 0 amide bonds. The predicted molar refractivity (Wildman–Crippen MR) is 118 cm³/mol. The van der Waals surface area contributed by atoms with E-state index < -0.39 is 0 Å². The summed E-state index contributed by atoms with van der Waals surface area (Å²) in [7, 11) is 1.69. The number of hydrogen-bond donors (Lipinski definition) is 0. The van der Waals surface area contributed by atoms with Crippen molar-refractivity contribution in [2.75, 3.05) is 18.6 Å². The summed E-state index contributed by atoms with van der Waals surface area (Å²) in [6.45, 7) is 2.17. The van der Waals surface area contributed by atoms with Gasteiger partial charge in [-0.1, -0.05) is 48.5 Å². The Morgan fingerprint density at radius 3 is 2.63 bits per heavy atom. The molecule has 0 N–H and O–H groups in total. The van der Waals surface area contributed by atoms with Gasteiger partial charge in [0.2, 0.25) is 0 Å². The number of hydrogen-bond acceptors (Lipinski definition) is 5. The molecule has 30 heavy (non-hydrogen) atoms. The fourth-order valence-corrected chi connectivity index (χ4v) is 4.07. The molecule has 3 aromatic carbocycles. The van der Waals surface area contributed by atoms with Crippen LogP contribution in [0.2, 0.25) is 0 Å². The van der Waals surface area contributed by atoms with Gasteiger partial charge in [0.1, 0.15) is 18.8 Å². The molecule has 0 saturated heterocycles. The van der Waals surface area contributed by atoms with Crippen LogP contribution in [0.1, 0.15) is 16.7 Å². The van der Waals surface area contributed by atoms with Gasteiger partial charge in [0.15, 0.2) is 11.5 Å². The summed E-state index contributed by atoms with van der Waals surface area (Å²) in [5, 5.41) is 1.08. The largest absolute Gasteiger partial charge is 0.493 e. The molecule has 0 atom stereocenters. The minimum absolute atomic E-state index is 0.522. The lowest BCUT2D eigenvalue weighted by molar-refractivity contribution is 0.280. The molecule has 150 valence electrons. The van der Waals surface area contributed by atoms with Crippen molar-refractivity contribution in [1.82, 2.24) is 9.97 Å². The van der Waals surface area contributed by atoms with E-state index in [0.717, 1.165) is 53.3 Å². The van der Waals surface area contributed by atoms with E-state index in [0.29, 0.717) is 6.61 Å². The van der Waals surface area contributed by atoms with Gasteiger partial charge in [-0.15, -0.1) is 0 Å². The number of nitrogens with zero attached hydrogens (tertiary/aromatic N) is 3. The van der Waals surface area contributed by atoms with Crippen LogP contribution in [0.5, 0.6) is 11.5 Å². The molecule has 1 aliphatic rings. The van der Waals surface area contributed by atoms with Crippen LogP contribution < -0.4 is 14.4 Å². The van der Waals surface area contributed by atoms with Crippen molar-refractivity contribution < 1.29 is 9.47 Å². The average molecular weight is 397 g/mol. The monoisotopic (exact) mass is 397 g/mol. The van der Waals surface area contributed by atoms with Crippen molar-refractivity contribution in [3.05, 3.63) is 89.7 Å². The van der Waals surface area contributed by atoms with E-state index in [1.807, 2.05) is 42.5 Å². The molecule has 4 aromatic rings. The maximum Gasteiger partial charge on any atom is 0.165 e. The molecule has 0 saturated carbocycles. The molecular weight excluding hydrogens is 374 g/mol. The number of para-hydroxylation sites is 1. The highest BCUT2D eigenvalue weighted by molar-refractivity contribution is 5.89. The topological polar surface area (TPSA) is 47.5 Å². The molecule has 1 aromatic heterocycles. The molecular formula is C25H23N3O2. The predicted octanol–water partition coefficient (Wildman–Crippen LogP) is 4.78. The van der Waals surface area contributed by atoms with Crippen molar-refractivity contribution in [3.8, 4) is 11.5 Å². The Morgan fingerprint density at radius 2 is 1.77 bits per heavy atom. The van der Waals surface area contributed by atoms with Gasteiger partial charge in [0, 0.05) is 24.0 Å². The van der Waals surface area contributed by atoms with Crippen LogP contribution in [0.15, 0.2) is 73.1 Å². The van der Waals surface area contributed by atoms with Gasteiger partial charge >= 0.3 is 0 Å². The van der Waals surface area contributed by atoms with Gasteiger partial charge in [0.25, 0.3) is 0 Å². The summed E-state index contributed by atoms with van der Waals surface area (Å²) >= 11 is 0. The van der Waals surface area contributed by atoms with E-state index in [1.165, 1.54) is 11.1 Å². The molecule has 0 aliphatic carbocycles. The summed E-state index contributed by atoms with van der Waals surface area (Å²) < 4.78 is 11.9. The number of aromatic nitrogens is 2. The maximum absolute atomic E-state index is 6.25. The zero-order chi connectivity index (χ0) is 20.3. The molecule has 0 bridgehead atoms. The lowest BCUT2D eigenvalue weighted by atomic mass is 9.97. The lowest BCUT2D eigenvalue weighted by Gasteiger charge is -2.32. The summed E-state index contributed by atoms with van der Waals surface area (Å²) in [5.41, 5.74) is 4.57. The minimum atomic E-state index is 0.522. The highest BCUT2D eigenvalue weighted by atomic mass is 16.5. The van der Waals surface area contributed by atoms with E-state index in [1.54, 1.807) is 13.4 Å². The minimum Gasteiger partial charge on any atom is -0.493 e. The van der Waals surface area contributed by atoms with Gasteiger partial charge < -0.3 is 14.4 Å². The van der Waals surface area contributed by atoms with E-state index >= 15 is 0 Å². The van der Waals surface area contributed by atoms with Crippen LogP contribution in [-0.2, 0) is 19.6 Å². The molecule has 5 heteroatoms. The molecule has 0 unspecified atom stereocenters. The first kappa shape index (κ1) is 18.4. The smallest absolute Gasteiger partial charge is 0.165 e. The van der Waals surface area contributed by atoms with Crippen molar-refractivity contribution in [3.63, 3.8) is 0 Å². The summed E-state index contributed by atoms with van der Waals surface area (Å²) in [5.74, 6) is 2.62. The summed E-state index contributed by atoms with van der Waals surface area (Å²) in [6.07, 6.45) is 2.52. The molecule has 0 radical (unpaired) electrons. The highest BCUT2D eigenvalue weighted by Gasteiger charge is 2.24. The van der Waals surface area contributed by atoms with E-state index in [2.05, 4.69) is 39.1 Å². The van der Waals surface area contributed by atoms with Crippen LogP contribution in [0, 0.1) is 0 Å². The first-order valence-corrected chi connectivity index (χ1v) is 10.1. The SMILES string of the molecule is COc1ccc2c(c1OCc1ccccc1)CCN(c1ncnc3ccccc13)C2. The number of benzene rings is 3. The van der Waals surface area contributed by atoms with E-state index in [-0.39, 0.29) is 0 Å². The second kappa shape index (κ2) is 8.03. The standard InChI is InChI=1S/C25H23N3O2/c1-29-23-12-11-19-15-28(25-21-9-5-6-10-22(21)26-17-27-25)14-13-20(19)24(23)30-16-18-7-3-2-4-8-18/h2-12,17H,13-16H2,1H3. The number of anilines is 1. The second-order valence-corrected chi connectivity index (χ2v) is 7.39. The van der Waals surface area contributed by atoms with E-state index in [4.69, 9.17) is 9.47 Å². The molecule has 2 heterocycles. The molecule has 5 rings (SSSR count). The Balaban J connectivity index is 1.45. The fourth-order valence-electron chi connectivity index (χ4n) is 4.07. The third-order valence-corrected chi connectivity index (χ3v) is 5.58. The quantitative estimate of drug-likeness (QED) is 0.485. The van der Waals surface area contributed by atoms with E-state index in [9.17, 15) is 0 Å². The fraction of sp³-hybridized carbons (Fsp3) is 0.200. The Hall–Kier alpha value is -3.60. The Kier molecular flexibility index (Phi) is 4.93. The first-order valence-electron chi connectivity index (χ1n) is 10.1. The third-order valence-electron chi connectivity index (χ3n) is 5.58. The zero-order valence-corrected chi connectivity index (χ0v) is 16.9. The summed E-state index contributed by atoms with van der Waals surface area (Å²) in [4.78, 5) is 11.3. The maximum atomic E-state index is 6.25.